The molecular formula is C14H16Cl3NO. The van der Waals surface area contributed by atoms with E-state index < -0.39 is 0 Å². The number of carbonyl (C=O) groups excluding carboxylic acids is 1. The van der Waals surface area contributed by atoms with Crippen molar-refractivity contribution in [2.24, 2.45) is 5.92 Å². The van der Waals surface area contributed by atoms with Gasteiger partial charge in [-0.25, -0.2) is 0 Å². The number of nitrogens with one attached hydrogen (secondary N) is 1. The van der Waals surface area contributed by atoms with Crippen LogP contribution in [0.5, 0.6) is 0 Å². The van der Waals surface area contributed by atoms with Crippen molar-refractivity contribution in [1.29, 1.82) is 0 Å². The minimum absolute atomic E-state index is 0.117. The number of halogens is 3. The summed E-state index contributed by atoms with van der Waals surface area (Å²) in [5.74, 6) is 0.694. The SMILES string of the molecule is O=C(NC1CCCCC1CCl)c1c(Cl)cccc1Cl. The second kappa shape index (κ2) is 6.83. The highest BCUT2D eigenvalue weighted by molar-refractivity contribution is 6.39. The quantitative estimate of drug-likeness (QED) is 0.815. The van der Waals surface area contributed by atoms with E-state index in [0.29, 0.717) is 27.4 Å². The van der Waals surface area contributed by atoms with E-state index in [1.807, 2.05) is 0 Å². The van der Waals surface area contributed by atoms with Crippen molar-refractivity contribution in [2.45, 2.75) is 31.7 Å². The number of rotatable bonds is 3. The summed E-state index contributed by atoms with van der Waals surface area (Å²) in [6.07, 6.45) is 4.32. The number of amides is 1. The van der Waals surface area contributed by atoms with Gasteiger partial charge in [-0.1, -0.05) is 42.1 Å². The Hall–Kier alpha value is -0.440. The normalized spacial score (nSPS) is 23.1. The maximum Gasteiger partial charge on any atom is 0.254 e. The molecule has 1 fully saturated rings. The van der Waals surface area contributed by atoms with Gasteiger partial charge < -0.3 is 5.32 Å². The van der Waals surface area contributed by atoms with Gasteiger partial charge in [0.25, 0.3) is 5.91 Å². The summed E-state index contributed by atoms with van der Waals surface area (Å²) in [6.45, 7) is 0. The van der Waals surface area contributed by atoms with Crippen molar-refractivity contribution >= 4 is 40.7 Å². The first-order valence-electron chi connectivity index (χ1n) is 6.44. The van der Waals surface area contributed by atoms with Crippen molar-refractivity contribution in [2.75, 3.05) is 5.88 Å². The molecule has 0 saturated heterocycles. The lowest BCUT2D eigenvalue weighted by Crippen LogP contribution is -2.43. The predicted molar refractivity (Wildman–Crippen MR) is 80.4 cm³/mol. The van der Waals surface area contributed by atoms with Crippen LogP contribution in [0.4, 0.5) is 0 Å². The van der Waals surface area contributed by atoms with Gasteiger partial charge in [-0.3, -0.25) is 4.79 Å². The van der Waals surface area contributed by atoms with Crippen LogP contribution in [0.15, 0.2) is 18.2 Å². The fourth-order valence-electron chi connectivity index (χ4n) is 2.54. The highest BCUT2D eigenvalue weighted by Crippen LogP contribution is 2.28. The molecule has 19 heavy (non-hydrogen) atoms. The van der Waals surface area contributed by atoms with E-state index in [1.54, 1.807) is 18.2 Å². The molecule has 1 N–H and O–H groups in total. The van der Waals surface area contributed by atoms with Crippen LogP contribution in [0.3, 0.4) is 0 Å². The van der Waals surface area contributed by atoms with Crippen LogP contribution in [-0.2, 0) is 0 Å². The lowest BCUT2D eigenvalue weighted by atomic mass is 9.85. The van der Waals surface area contributed by atoms with Gasteiger partial charge in [0, 0.05) is 11.9 Å². The number of carbonyl (C=O) groups is 1. The van der Waals surface area contributed by atoms with E-state index in [0.717, 1.165) is 19.3 Å². The standard InChI is InChI=1S/C14H16Cl3NO/c15-8-9-4-1-2-7-12(9)18-14(19)13-10(16)5-3-6-11(13)17/h3,5-6,9,12H,1-2,4,7-8H2,(H,18,19). The fourth-order valence-corrected chi connectivity index (χ4v) is 3.48. The van der Waals surface area contributed by atoms with E-state index in [1.165, 1.54) is 6.42 Å². The topological polar surface area (TPSA) is 29.1 Å². The third-order valence-corrected chi connectivity index (χ3v) is 4.64. The molecule has 1 aliphatic carbocycles. The summed E-state index contributed by atoms with van der Waals surface area (Å²) in [4.78, 5) is 12.3. The smallest absolute Gasteiger partial charge is 0.254 e. The molecular weight excluding hydrogens is 305 g/mol. The molecule has 0 heterocycles. The number of benzene rings is 1. The maximum absolute atomic E-state index is 12.3. The molecule has 1 aromatic carbocycles. The van der Waals surface area contributed by atoms with E-state index >= 15 is 0 Å². The van der Waals surface area contributed by atoms with Gasteiger partial charge in [0.2, 0.25) is 0 Å². The molecule has 0 radical (unpaired) electrons. The molecule has 104 valence electrons. The summed E-state index contributed by atoms with van der Waals surface area (Å²) < 4.78 is 0. The van der Waals surface area contributed by atoms with Gasteiger partial charge in [-0.05, 0) is 30.9 Å². The van der Waals surface area contributed by atoms with Crippen LogP contribution < -0.4 is 5.32 Å². The van der Waals surface area contributed by atoms with E-state index in [4.69, 9.17) is 34.8 Å². The molecule has 2 atom stereocenters. The molecule has 0 bridgehead atoms. The van der Waals surface area contributed by atoms with Crippen LogP contribution >= 0.6 is 34.8 Å². The molecule has 2 unspecified atom stereocenters. The van der Waals surface area contributed by atoms with Gasteiger partial charge >= 0.3 is 0 Å². The average Bonchev–Trinajstić information content (AvgIpc) is 2.39. The zero-order chi connectivity index (χ0) is 13.8. The van der Waals surface area contributed by atoms with Crippen LogP contribution in [0.25, 0.3) is 0 Å². The molecule has 1 amide bonds. The fraction of sp³-hybridized carbons (Fsp3) is 0.500. The van der Waals surface area contributed by atoms with Gasteiger partial charge in [-0.2, -0.15) is 0 Å². The summed E-state index contributed by atoms with van der Waals surface area (Å²) in [7, 11) is 0. The first-order valence-corrected chi connectivity index (χ1v) is 7.73. The molecule has 1 aromatic rings. The molecule has 2 rings (SSSR count). The highest BCUT2D eigenvalue weighted by Gasteiger charge is 2.27. The lowest BCUT2D eigenvalue weighted by molar-refractivity contribution is 0.0911. The van der Waals surface area contributed by atoms with Crippen molar-refractivity contribution < 1.29 is 4.79 Å². The molecule has 1 aliphatic rings. The monoisotopic (exact) mass is 319 g/mol. The van der Waals surface area contributed by atoms with Crippen LogP contribution in [-0.4, -0.2) is 17.8 Å². The lowest BCUT2D eigenvalue weighted by Gasteiger charge is -2.31. The number of alkyl halides is 1. The molecule has 0 spiro atoms. The van der Waals surface area contributed by atoms with E-state index in [2.05, 4.69) is 5.32 Å². The summed E-state index contributed by atoms with van der Waals surface area (Å²) in [6, 6.07) is 5.18. The zero-order valence-electron chi connectivity index (χ0n) is 10.5. The highest BCUT2D eigenvalue weighted by atomic mass is 35.5. The van der Waals surface area contributed by atoms with Gasteiger partial charge in [0.1, 0.15) is 0 Å². The summed E-state index contributed by atoms with van der Waals surface area (Å²) in [5.41, 5.74) is 0.352. The summed E-state index contributed by atoms with van der Waals surface area (Å²) in [5, 5.41) is 3.78. The molecule has 2 nitrogen and oxygen atoms in total. The van der Waals surface area contributed by atoms with E-state index in [-0.39, 0.29) is 11.9 Å². The number of hydrogen-bond acceptors (Lipinski definition) is 1. The third kappa shape index (κ3) is 3.56. The second-order valence-electron chi connectivity index (χ2n) is 4.88. The Labute approximate surface area is 128 Å². The maximum atomic E-state index is 12.3. The Morgan fingerprint density at radius 2 is 1.84 bits per heavy atom. The number of hydrogen-bond donors (Lipinski definition) is 1. The largest absolute Gasteiger partial charge is 0.349 e. The molecule has 1 saturated carbocycles. The Balaban J connectivity index is 2.12. The first kappa shape index (κ1) is 15.0. The van der Waals surface area contributed by atoms with Crippen molar-refractivity contribution in [3.05, 3.63) is 33.8 Å². The zero-order valence-corrected chi connectivity index (χ0v) is 12.7. The molecule has 0 aliphatic heterocycles. The Bertz CT molecular complexity index is 444. The van der Waals surface area contributed by atoms with Crippen LogP contribution in [0, 0.1) is 5.92 Å². The molecule has 5 heteroatoms. The Kier molecular flexibility index (Phi) is 5.37. The Morgan fingerprint density at radius 1 is 1.21 bits per heavy atom. The van der Waals surface area contributed by atoms with Crippen molar-refractivity contribution in [3.63, 3.8) is 0 Å². The van der Waals surface area contributed by atoms with E-state index in [9.17, 15) is 4.79 Å². The minimum atomic E-state index is -0.211. The van der Waals surface area contributed by atoms with Crippen molar-refractivity contribution in [1.82, 2.24) is 5.32 Å². The minimum Gasteiger partial charge on any atom is -0.349 e. The summed E-state index contributed by atoms with van der Waals surface area (Å²) >= 11 is 18.0. The Morgan fingerprint density at radius 3 is 2.47 bits per heavy atom. The van der Waals surface area contributed by atoms with Crippen LogP contribution in [0.1, 0.15) is 36.0 Å². The third-order valence-electron chi connectivity index (χ3n) is 3.61. The predicted octanol–water partition coefficient (Wildman–Crippen LogP) is 4.52. The van der Waals surface area contributed by atoms with Crippen LogP contribution in [0.2, 0.25) is 10.0 Å². The van der Waals surface area contributed by atoms with Gasteiger partial charge in [-0.15, -0.1) is 11.6 Å². The van der Waals surface area contributed by atoms with Gasteiger partial charge in [0.05, 0.1) is 15.6 Å². The van der Waals surface area contributed by atoms with Gasteiger partial charge in [0.15, 0.2) is 0 Å². The molecule has 0 aromatic heterocycles. The second-order valence-corrected chi connectivity index (χ2v) is 6.00. The first-order chi connectivity index (χ1) is 9.13. The van der Waals surface area contributed by atoms with Crippen molar-refractivity contribution in [3.8, 4) is 0 Å². The average molecular weight is 321 g/mol.